The van der Waals surface area contributed by atoms with Gasteiger partial charge in [-0.2, -0.15) is 23.5 Å². The molecular weight excluding hydrogens is 1520 g/mol. The summed E-state index contributed by atoms with van der Waals surface area (Å²) in [6.45, 7) is 5.53. The van der Waals surface area contributed by atoms with Crippen LogP contribution in [0.2, 0.25) is 0 Å². The standard InChI is InChI=1S/C89H84N14O8S4/c1-84(2,109)74-73(100(82(92-74)114-7)88(90,80(105)106)71(55-112-5)59-51-47-57(48-52-59)67-43-27-29-45-69(67)76-94-96-98-102(76)86(61-31-15-9-16-32-61,62-33-17-10-18-34-62)63-35-19-11-20-36-63)79(104)111-78-75(85(3,4)110)93-83(115-8)101(78)89(91,81(107)108)72(56-113-6)60-53-49-58(50-54-60)68-44-28-30-46-70(68)77-95-97-99-103(77)87(64-37-21-12-22-38-64,65-39-23-13-24-40-65)66-41-25-14-26-42-66/h9-54,71-72,109-110H,55-56,90-91H2,1-8H3,(H,105,106)(H,107,108). The van der Waals surface area contributed by atoms with Crippen LogP contribution in [0, 0.1) is 0 Å². The number of benzene rings is 10. The number of hydrogen-bond donors (Lipinski definition) is 6. The molecular formula is C89H84N14O8S4. The van der Waals surface area contributed by atoms with Crippen LogP contribution >= 0.6 is 47.0 Å². The first-order valence-electron chi connectivity index (χ1n) is 36.9. The van der Waals surface area contributed by atoms with Crippen LogP contribution in [0.15, 0.2) is 289 Å². The lowest BCUT2D eigenvalue weighted by atomic mass is 9.77. The second-order valence-electron chi connectivity index (χ2n) is 28.8. The zero-order chi connectivity index (χ0) is 81.0. The third-order valence-electron chi connectivity index (χ3n) is 21.0. The second kappa shape index (κ2) is 33.1. The highest BCUT2D eigenvalue weighted by Gasteiger charge is 2.54. The molecule has 0 spiro atoms. The molecule has 26 heteroatoms. The molecule has 14 aromatic rings. The Balaban J connectivity index is 0.849. The van der Waals surface area contributed by atoms with Crippen LogP contribution in [0.25, 0.3) is 45.0 Å². The first kappa shape index (κ1) is 80.0. The number of carboxylic acids is 2. The van der Waals surface area contributed by atoms with Crippen molar-refractivity contribution in [2.24, 2.45) is 11.5 Å². The molecule has 10 aromatic carbocycles. The van der Waals surface area contributed by atoms with Crippen LogP contribution < -0.4 is 16.2 Å². The maximum Gasteiger partial charge on any atom is 0.363 e. The Kier molecular flexibility index (Phi) is 23.0. The van der Waals surface area contributed by atoms with Crippen molar-refractivity contribution in [3.05, 3.63) is 341 Å². The van der Waals surface area contributed by atoms with Gasteiger partial charge >= 0.3 is 17.9 Å². The number of carbonyl (C=O) groups excluding carboxylic acids is 1. The fourth-order valence-corrected chi connectivity index (χ4v) is 18.4. The molecule has 582 valence electrons. The number of carboxylic acid groups (broad SMARTS) is 2. The lowest BCUT2D eigenvalue weighted by Crippen LogP contribution is -2.57. The molecule has 8 N–H and O–H groups in total. The Labute approximate surface area is 682 Å². The summed E-state index contributed by atoms with van der Waals surface area (Å²) in [6, 6.07) is 90.6. The molecule has 0 aliphatic carbocycles. The third-order valence-corrected chi connectivity index (χ3v) is 23.6. The van der Waals surface area contributed by atoms with Gasteiger partial charge in [0.25, 0.3) is 0 Å². The van der Waals surface area contributed by atoms with E-state index in [-0.39, 0.29) is 33.2 Å². The van der Waals surface area contributed by atoms with Gasteiger partial charge in [-0.05, 0) is 140 Å². The minimum absolute atomic E-state index is 0.0525. The minimum Gasteiger partial charge on any atom is -0.478 e. The summed E-state index contributed by atoms with van der Waals surface area (Å²) in [4.78, 5) is 55.5. The number of nitrogens with zero attached hydrogens (tertiary/aromatic N) is 12. The van der Waals surface area contributed by atoms with E-state index in [9.17, 15) is 30.0 Å². The Morgan fingerprint density at radius 1 is 0.409 bits per heavy atom. The van der Waals surface area contributed by atoms with Gasteiger partial charge in [-0.15, -0.1) is 10.2 Å². The van der Waals surface area contributed by atoms with E-state index in [1.807, 2.05) is 198 Å². The summed E-state index contributed by atoms with van der Waals surface area (Å²) < 4.78 is 12.5. The monoisotopic (exact) mass is 1600 g/mol. The Morgan fingerprint density at radius 3 is 1.01 bits per heavy atom. The number of hydrogen-bond acceptors (Lipinski definition) is 20. The largest absolute Gasteiger partial charge is 0.478 e. The van der Waals surface area contributed by atoms with Crippen molar-refractivity contribution in [3.8, 4) is 50.9 Å². The quantitative estimate of drug-likeness (QED) is 0.0138. The Hall–Kier alpha value is -11.6. The van der Waals surface area contributed by atoms with Gasteiger partial charge < -0.3 is 25.2 Å². The topological polar surface area (TPSA) is 316 Å². The highest BCUT2D eigenvalue weighted by molar-refractivity contribution is 7.99. The van der Waals surface area contributed by atoms with Gasteiger partial charge in [-0.25, -0.2) is 33.7 Å². The Morgan fingerprint density at radius 2 is 0.704 bits per heavy atom. The number of tetrazole rings is 2. The number of carbonyl (C=O) groups is 3. The van der Waals surface area contributed by atoms with Crippen molar-refractivity contribution in [3.63, 3.8) is 0 Å². The SMILES string of the molecule is CSCC(c1ccc(-c2ccccc2-c2nnnn2C(c2ccccc2)(c2ccccc2)c2ccccc2)cc1)C(N)(C(=O)O)n1c(SC)nc(C(C)(C)O)c1OC(=O)c1c(C(C)(C)O)nc(SC)n1C(N)(C(=O)O)C(CSC)c1ccc(-c2ccccc2-c2nnnn2C(c2ccccc2)(c2ccccc2)c2ccccc2)cc1. The molecule has 4 unspecified atom stereocenters. The molecule has 0 fully saturated rings. The van der Waals surface area contributed by atoms with Gasteiger partial charge in [-0.1, -0.05) is 303 Å². The van der Waals surface area contributed by atoms with E-state index in [2.05, 4.69) is 83.2 Å². The second-order valence-corrected chi connectivity index (χ2v) is 32.2. The number of nitrogens with two attached hydrogens (primary N) is 2. The zero-order valence-corrected chi connectivity index (χ0v) is 67.5. The first-order chi connectivity index (χ1) is 55.5. The number of aromatic nitrogens is 12. The van der Waals surface area contributed by atoms with Crippen LogP contribution in [0.4, 0.5) is 0 Å². The average Bonchev–Trinajstić information content (AvgIpc) is 1.05. The van der Waals surface area contributed by atoms with Gasteiger partial charge in [0.15, 0.2) is 27.7 Å². The van der Waals surface area contributed by atoms with E-state index in [1.54, 1.807) is 43.0 Å². The Bertz CT molecular complexity index is 5580. The van der Waals surface area contributed by atoms with Crippen LogP contribution in [0.5, 0.6) is 5.88 Å². The molecule has 14 rings (SSSR count). The van der Waals surface area contributed by atoms with Crippen molar-refractivity contribution in [2.45, 2.75) is 83.4 Å². The molecule has 4 atom stereocenters. The van der Waals surface area contributed by atoms with Gasteiger partial charge in [0, 0.05) is 34.5 Å². The molecule has 0 aliphatic rings. The van der Waals surface area contributed by atoms with Gasteiger partial charge in [0.1, 0.15) is 33.7 Å². The van der Waals surface area contributed by atoms with Crippen LogP contribution in [0.1, 0.15) is 106 Å². The highest BCUT2D eigenvalue weighted by atomic mass is 32.2. The smallest absolute Gasteiger partial charge is 0.363 e. The molecule has 0 bridgehead atoms. The van der Waals surface area contributed by atoms with Crippen molar-refractivity contribution < 1.29 is 39.5 Å². The molecule has 0 radical (unpaired) electrons. The summed E-state index contributed by atoms with van der Waals surface area (Å²) in [6.07, 6.45) is 6.87. The van der Waals surface area contributed by atoms with E-state index >= 15 is 4.79 Å². The number of thioether (sulfide) groups is 4. The maximum absolute atomic E-state index is 16.2. The normalized spacial score (nSPS) is 13.7. The first-order valence-corrected chi connectivity index (χ1v) is 42.1. The number of aliphatic hydroxyl groups is 2. The number of ether oxygens (including phenoxy) is 1. The van der Waals surface area contributed by atoms with Gasteiger partial charge in [-0.3, -0.25) is 20.6 Å². The molecule has 0 saturated carbocycles. The zero-order valence-electron chi connectivity index (χ0n) is 64.2. The van der Waals surface area contributed by atoms with E-state index in [0.29, 0.717) is 39.5 Å². The van der Waals surface area contributed by atoms with E-state index < -0.39 is 74.9 Å². The molecule has 0 saturated heterocycles. The fourth-order valence-electron chi connectivity index (χ4n) is 15.7. The molecule has 4 heterocycles. The molecule has 0 amide bonds. The summed E-state index contributed by atoms with van der Waals surface area (Å²) >= 11 is 4.58. The summed E-state index contributed by atoms with van der Waals surface area (Å²) in [5.74, 6) is -6.41. The lowest BCUT2D eigenvalue weighted by molar-refractivity contribution is -0.150. The van der Waals surface area contributed by atoms with Crippen LogP contribution in [-0.2, 0) is 43.2 Å². The molecule has 0 aliphatic heterocycles. The van der Waals surface area contributed by atoms with Crippen LogP contribution in [-0.4, -0.2) is 134 Å². The average molecular weight is 1610 g/mol. The molecule has 22 nitrogen and oxygen atoms in total. The predicted molar refractivity (Wildman–Crippen MR) is 452 cm³/mol. The maximum atomic E-state index is 16.2. The minimum atomic E-state index is -2.63. The summed E-state index contributed by atoms with van der Waals surface area (Å²) in [5, 5.41) is 76.3. The molecule has 4 aromatic heterocycles. The summed E-state index contributed by atoms with van der Waals surface area (Å²) in [7, 11) is 0. The lowest BCUT2D eigenvalue weighted by Gasteiger charge is -2.37. The van der Waals surface area contributed by atoms with E-state index in [4.69, 9.17) is 46.8 Å². The van der Waals surface area contributed by atoms with Gasteiger partial charge in [0.05, 0.1) is 0 Å². The van der Waals surface area contributed by atoms with E-state index in [1.165, 1.54) is 51.2 Å². The highest BCUT2D eigenvalue weighted by Crippen LogP contribution is 2.50. The van der Waals surface area contributed by atoms with Crippen molar-refractivity contribution in [1.29, 1.82) is 0 Å². The number of esters is 1. The number of aliphatic carboxylic acids is 2. The van der Waals surface area contributed by atoms with Crippen LogP contribution in [0.3, 0.4) is 0 Å². The van der Waals surface area contributed by atoms with E-state index in [0.717, 1.165) is 82.7 Å². The van der Waals surface area contributed by atoms with Gasteiger partial charge in [0.2, 0.25) is 17.2 Å². The van der Waals surface area contributed by atoms with Crippen molar-refractivity contribution >= 4 is 65.0 Å². The number of rotatable bonds is 30. The fraction of sp³-hybridized carbons (Fsp3) is 0.202. The van der Waals surface area contributed by atoms with Crippen molar-refractivity contribution in [1.82, 2.24) is 59.5 Å². The third kappa shape index (κ3) is 14.3. The summed E-state index contributed by atoms with van der Waals surface area (Å²) in [5.41, 5.74) is 13.3. The van der Waals surface area contributed by atoms with Crippen molar-refractivity contribution in [2.75, 3.05) is 36.5 Å². The predicted octanol–water partition coefficient (Wildman–Crippen LogP) is 15.2. The number of imidazole rings is 2. The molecule has 115 heavy (non-hydrogen) atoms.